The van der Waals surface area contributed by atoms with E-state index in [1.807, 2.05) is 0 Å². The van der Waals surface area contributed by atoms with Crippen LogP contribution in [0.2, 0.25) is 0 Å². The zero-order valence-electron chi connectivity index (χ0n) is 20.1. The molecule has 4 heterocycles. The van der Waals surface area contributed by atoms with Crippen LogP contribution in [-0.4, -0.2) is 75.5 Å². The molecule has 2 saturated heterocycles. The number of aromatic amines is 1. The molecule has 1 unspecified atom stereocenters. The molecule has 2 aliphatic rings. The van der Waals surface area contributed by atoms with E-state index in [0.717, 1.165) is 18.6 Å². The minimum absolute atomic E-state index is 0.105. The molecule has 2 atom stereocenters. The van der Waals surface area contributed by atoms with Gasteiger partial charge in [-0.3, -0.25) is 9.59 Å². The first-order valence-electron chi connectivity index (χ1n) is 11.7. The molecular formula is C22H24F6N6O4. The molecule has 2 aliphatic heterocycles. The van der Waals surface area contributed by atoms with Gasteiger partial charge in [-0.15, -0.1) is 0 Å². The van der Waals surface area contributed by atoms with Crippen molar-refractivity contribution in [2.45, 2.75) is 56.8 Å². The Labute approximate surface area is 211 Å². The van der Waals surface area contributed by atoms with Gasteiger partial charge in [-0.2, -0.15) is 31.4 Å². The Morgan fingerprint density at radius 3 is 2.26 bits per heavy atom. The standard InChI is InChI=1S/C22H24F6N6O4/c1-12(38-16-10-31-32-18(35)17(16)22(26,27)28)11-37-15-4-7-34(19(15)36)14-2-5-33(6-3-14)20-29-8-13(9-30-20)21(23,24)25/h8-10,12,14-15H,2-7,11H2,1H3,(H,32,35)/t12?,15-/m1/s1. The Morgan fingerprint density at radius 1 is 1.00 bits per heavy atom. The van der Waals surface area contributed by atoms with Crippen molar-refractivity contribution >= 4 is 11.9 Å². The predicted molar refractivity (Wildman–Crippen MR) is 118 cm³/mol. The molecule has 38 heavy (non-hydrogen) atoms. The third-order valence-electron chi connectivity index (χ3n) is 6.31. The topological polar surface area (TPSA) is 114 Å². The SMILES string of the molecule is CC(CO[C@@H]1CCN(C2CCN(c3ncc(C(F)(F)F)cn3)CC2)C1=O)Oc1cn[nH]c(=O)c1C(F)(F)F. The zero-order chi connectivity index (χ0) is 27.7. The number of H-pyrrole nitrogens is 1. The number of amides is 1. The highest BCUT2D eigenvalue weighted by Crippen LogP contribution is 2.33. The van der Waals surface area contributed by atoms with Gasteiger partial charge < -0.3 is 19.3 Å². The van der Waals surface area contributed by atoms with Gasteiger partial charge >= 0.3 is 12.4 Å². The average Bonchev–Trinajstić information content (AvgIpc) is 3.21. The van der Waals surface area contributed by atoms with Crippen LogP contribution in [0.1, 0.15) is 37.3 Å². The summed E-state index contributed by atoms with van der Waals surface area (Å²) in [6, 6.07) is -0.105. The summed E-state index contributed by atoms with van der Waals surface area (Å²) in [5.41, 5.74) is -3.87. The number of carbonyl (C=O) groups is 1. The number of rotatable bonds is 7. The van der Waals surface area contributed by atoms with Gasteiger partial charge in [0.05, 0.1) is 18.4 Å². The van der Waals surface area contributed by atoms with Gasteiger partial charge in [0.25, 0.3) is 11.5 Å². The van der Waals surface area contributed by atoms with Crippen LogP contribution in [0.25, 0.3) is 0 Å². The van der Waals surface area contributed by atoms with E-state index in [4.69, 9.17) is 9.47 Å². The first-order valence-corrected chi connectivity index (χ1v) is 11.7. The number of anilines is 1. The van der Waals surface area contributed by atoms with Crippen LogP contribution < -0.4 is 15.2 Å². The molecule has 4 rings (SSSR count). The average molecular weight is 550 g/mol. The van der Waals surface area contributed by atoms with Gasteiger partial charge in [-0.25, -0.2) is 15.1 Å². The van der Waals surface area contributed by atoms with E-state index < -0.39 is 47.0 Å². The summed E-state index contributed by atoms with van der Waals surface area (Å²) < 4.78 is 88.6. The third kappa shape index (κ3) is 6.16. The fourth-order valence-corrected chi connectivity index (χ4v) is 4.44. The van der Waals surface area contributed by atoms with Gasteiger partial charge in [0, 0.05) is 44.5 Å². The van der Waals surface area contributed by atoms with E-state index in [1.54, 1.807) is 14.9 Å². The highest BCUT2D eigenvalue weighted by Gasteiger charge is 2.40. The molecule has 0 radical (unpaired) electrons. The number of nitrogens with one attached hydrogen (secondary N) is 1. The summed E-state index contributed by atoms with van der Waals surface area (Å²) >= 11 is 0. The summed E-state index contributed by atoms with van der Waals surface area (Å²) in [6.07, 6.45) is -7.44. The number of nitrogens with zero attached hydrogens (tertiary/aromatic N) is 5. The Kier molecular flexibility index (Phi) is 7.80. The Hall–Kier alpha value is -3.43. The van der Waals surface area contributed by atoms with E-state index in [1.165, 1.54) is 6.92 Å². The largest absolute Gasteiger partial charge is 0.486 e. The molecule has 10 nitrogen and oxygen atoms in total. The molecule has 208 valence electrons. The lowest BCUT2D eigenvalue weighted by molar-refractivity contribution is -0.142. The monoisotopic (exact) mass is 550 g/mol. The van der Waals surface area contributed by atoms with E-state index in [0.29, 0.717) is 38.9 Å². The van der Waals surface area contributed by atoms with E-state index >= 15 is 0 Å². The number of halogens is 6. The molecule has 16 heteroatoms. The summed E-state index contributed by atoms with van der Waals surface area (Å²) in [4.78, 5) is 35.5. The fourth-order valence-electron chi connectivity index (χ4n) is 4.44. The van der Waals surface area contributed by atoms with E-state index in [-0.39, 0.29) is 24.5 Å². The van der Waals surface area contributed by atoms with Crippen molar-refractivity contribution < 1.29 is 40.6 Å². The smallest absolute Gasteiger partial charge is 0.425 e. The summed E-state index contributed by atoms with van der Waals surface area (Å²) in [5.74, 6) is -0.806. The van der Waals surface area contributed by atoms with Crippen LogP contribution in [0.4, 0.5) is 32.3 Å². The number of alkyl halides is 6. The third-order valence-corrected chi connectivity index (χ3v) is 6.31. The first-order chi connectivity index (χ1) is 17.8. The lowest BCUT2D eigenvalue weighted by Crippen LogP contribution is -2.47. The molecule has 0 spiro atoms. The Bertz CT molecular complexity index is 1180. The van der Waals surface area contributed by atoms with Crippen LogP contribution >= 0.6 is 0 Å². The highest BCUT2D eigenvalue weighted by molar-refractivity contribution is 5.83. The number of aromatic nitrogens is 4. The maximum atomic E-state index is 13.2. The quantitative estimate of drug-likeness (QED) is 0.524. The van der Waals surface area contributed by atoms with Crippen molar-refractivity contribution in [2.75, 3.05) is 31.1 Å². The van der Waals surface area contributed by atoms with Crippen LogP contribution in [-0.2, 0) is 21.9 Å². The zero-order valence-corrected chi connectivity index (χ0v) is 20.1. The minimum Gasteiger partial charge on any atom is -0.486 e. The molecule has 2 fully saturated rings. The van der Waals surface area contributed by atoms with Crippen molar-refractivity contribution in [1.29, 1.82) is 0 Å². The molecule has 0 bridgehead atoms. The lowest BCUT2D eigenvalue weighted by atomic mass is 10.0. The number of likely N-dealkylation sites (tertiary alicyclic amines) is 1. The molecule has 0 saturated carbocycles. The van der Waals surface area contributed by atoms with Crippen molar-refractivity contribution in [3.8, 4) is 5.75 Å². The van der Waals surface area contributed by atoms with Gasteiger partial charge in [-0.05, 0) is 19.8 Å². The van der Waals surface area contributed by atoms with Crippen LogP contribution in [0, 0.1) is 0 Å². The van der Waals surface area contributed by atoms with Crippen LogP contribution in [0.3, 0.4) is 0 Å². The van der Waals surface area contributed by atoms with Crippen molar-refractivity contribution in [1.82, 2.24) is 25.1 Å². The van der Waals surface area contributed by atoms with Gasteiger partial charge in [0.15, 0.2) is 11.3 Å². The Balaban J connectivity index is 1.27. The molecule has 0 aromatic carbocycles. The van der Waals surface area contributed by atoms with Crippen molar-refractivity contribution in [2.24, 2.45) is 0 Å². The predicted octanol–water partition coefficient (Wildman–Crippen LogP) is 2.65. The molecule has 1 N–H and O–H groups in total. The summed E-state index contributed by atoms with van der Waals surface area (Å²) in [7, 11) is 0. The first kappa shape index (κ1) is 27.6. The van der Waals surface area contributed by atoms with Gasteiger partial charge in [-0.1, -0.05) is 0 Å². The number of hydrogen-bond acceptors (Lipinski definition) is 8. The molecule has 2 aromatic rings. The number of hydrogen-bond donors (Lipinski definition) is 1. The Morgan fingerprint density at radius 2 is 1.66 bits per heavy atom. The second kappa shape index (κ2) is 10.7. The fraction of sp³-hybridized carbons (Fsp3) is 0.591. The minimum atomic E-state index is -4.94. The van der Waals surface area contributed by atoms with Crippen molar-refractivity contribution in [3.05, 3.63) is 40.1 Å². The van der Waals surface area contributed by atoms with Gasteiger partial charge in [0.2, 0.25) is 5.95 Å². The van der Waals surface area contributed by atoms with Crippen LogP contribution in [0.15, 0.2) is 23.4 Å². The van der Waals surface area contributed by atoms with Crippen LogP contribution in [0.5, 0.6) is 5.75 Å². The van der Waals surface area contributed by atoms with Gasteiger partial charge in [0.1, 0.15) is 12.2 Å². The molecular weight excluding hydrogens is 526 g/mol. The second-order valence-electron chi connectivity index (χ2n) is 8.99. The molecule has 2 aromatic heterocycles. The summed E-state index contributed by atoms with van der Waals surface area (Å²) in [5, 5.41) is 5.06. The van der Waals surface area contributed by atoms with E-state index in [9.17, 15) is 35.9 Å². The number of piperidine rings is 1. The molecule has 0 aliphatic carbocycles. The maximum Gasteiger partial charge on any atom is 0.425 e. The normalized spacial score (nSPS) is 20.2. The number of ether oxygens (including phenoxy) is 2. The van der Waals surface area contributed by atoms with E-state index in [2.05, 4.69) is 15.1 Å². The second-order valence-corrected chi connectivity index (χ2v) is 8.99. The maximum absolute atomic E-state index is 13.2. The number of carbonyl (C=O) groups excluding carboxylic acids is 1. The van der Waals surface area contributed by atoms with Crippen molar-refractivity contribution in [3.63, 3.8) is 0 Å². The molecule has 1 amide bonds. The summed E-state index contributed by atoms with van der Waals surface area (Å²) in [6.45, 7) is 2.57. The lowest BCUT2D eigenvalue weighted by Gasteiger charge is -2.36. The highest BCUT2D eigenvalue weighted by atomic mass is 19.4.